The van der Waals surface area contributed by atoms with Gasteiger partial charge in [-0.2, -0.15) is 0 Å². The number of anilines is 1. The fourth-order valence-corrected chi connectivity index (χ4v) is 4.69. The van der Waals surface area contributed by atoms with Crippen molar-refractivity contribution in [1.82, 2.24) is 0 Å². The number of carbonyl (C=O) groups is 2. The number of aliphatic hydroxyl groups excluding tert-OH is 1. The number of ether oxygens (including phenoxy) is 2. The summed E-state index contributed by atoms with van der Waals surface area (Å²) in [4.78, 5) is 28.5. The number of methoxy groups -OCH3 is 1. The number of aliphatic hydroxyl groups is 1. The van der Waals surface area contributed by atoms with Gasteiger partial charge in [-0.25, -0.2) is 0 Å². The van der Waals surface area contributed by atoms with Gasteiger partial charge >= 0.3 is 0 Å². The Labute approximate surface area is 230 Å². The summed E-state index contributed by atoms with van der Waals surface area (Å²) in [5.41, 5.74) is 3.63. The summed E-state index contributed by atoms with van der Waals surface area (Å²) < 4.78 is 11.2. The summed E-state index contributed by atoms with van der Waals surface area (Å²) in [7, 11) is 1.58. The Bertz CT molecular complexity index is 1400. The number of carbonyl (C=O) groups excluding carboxylic acids is 2. The molecule has 0 aliphatic carbocycles. The molecule has 0 saturated carbocycles. The highest BCUT2D eigenvalue weighted by atomic mass is 16.5. The molecule has 1 N–H and O–H groups in total. The van der Waals surface area contributed by atoms with Crippen LogP contribution in [0.5, 0.6) is 11.5 Å². The number of amides is 1. The molecule has 0 aromatic heterocycles. The molecule has 1 fully saturated rings. The highest BCUT2D eigenvalue weighted by molar-refractivity contribution is 6.51. The molecule has 204 valence electrons. The Balaban J connectivity index is 1.84. The van der Waals surface area contributed by atoms with E-state index in [-0.39, 0.29) is 16.7 Å². The molecule has 1 amide bonds. The van der Waals surface area contributed by atoms with E-state index in [1.165, 1.54) is 4.90 Å². The lowest BCUT2D eigenvalue weighted by Crippen LogP contribution is -2.29. The minimum Gasteiger partial charge on any atom is -0.507 e. The average Bonchev–Trinajstić information content (AvgIpc) is 3.17. The zero-order valence-electron chi connectivity index (χ0n) is 23.7. The lowest BCUT2D eigenvalue weighted by atomic mass is 9.87. The summed E-state index contributed by atoms with van der Waals surface area (Å²) in [5, 5.41) is 11.5. The third-order valence-corrected chi connectivity index (χ3v) is 6.91. The maximum Gasteiger partial charge on any atom is 0.300 e. The Hall–Kier alpha value is -4.06. The third kappa shape index (κ3) is 5.70. The molecular weight excluding hydrogens is 490 g/mol. The first-order valence-electron chi connectivity index (χ1n) is 13.2. The normalized spacial score (nSPS) is 17.1. The predicted molar refractivity (Wildman–Crippen MR) is 154 cm³/mol. The second kappa shape index (κ2) is 11.0. The Morgan fingerprint density at radius 3 is 2.15 bits per heavy atom. The minimum atomic E-state index is -0.812. The average molecular weight is 528 g/mol. The molecule has 1 heterocycles. The van der Waals surface area contributed by atoms with E-state index in [0.29, 0.717) is 40.8 Å². The SMILES string of the molecule is COc1ccc(C2/C(=C(/O)c3ccc(OCC(C)C)c(C)c3)C(=O)C(=O)N2c2ccc(C(C)(C)C)cc2)cc1. The minimum absolute atomic E-state index is 0.0420. The zero-order valence-corrected chi connectivity index (χ0v) is 23.7. The number of hydrogen-bond acceptors (Lipinski definition) is 5. The Kier molecular flexibility index (Phi) is 7.86. The zero-order chi connectivity index (χ0) is 28.5. The summed E-state index contributed by atoms with van der Waals surface area (Å²) in [5.74, 6) is 0.0987. The van der Waals surface area contributed by atoms with E-state index in [4.69, 9.17) is 9.47 Å². The number of ketones is 1. The number of rotatable bonds is 7. The lowest BCUT2D eigenvalue weighted by Gasteiger charge is -2.27. The molecule has 1 saturated heterocycles. The molecule has 1 aliphatic rings. The molecule has 6 nitrogen and oxygen atoms in total. The van der Waals surface area contributed by atoms with Crippen molar-refractivity contribution in [2.75, 3.05) is 18.6 Å². The summed E-state index contributed by atoms with van der Waals surface area (Å²) in [6.07, 6.45) is 0. The second-order valence-corrected chi connectivity index (χ2v) is 11.4. The number of aryl methyl sites for hydroxylation is 1. The van der Waals surface area contributed by atoms with Crippen LogP contribution in [0.15, 0.2) is 72.3 Å². The monoisotopic (exact) mass is 527 g/mol. The van der Waals surface area contributed by atoms with Crippen molar-refractivity contribution >= 4 is 23.1 Å². The molecular formula is C33H37NO5. The predicted octanol–water partition coefficient (Wildman–Crippen LogP) is 6.96. The molecule has 0 bridgehead atoms. The van der Waals surface area contributed by atoms with E-state index in [0.717, 1.165) is 11.1 Å². The van der Waals surface area contributed by atoms with Gasteiger partial charge in [0, 0.05) is 11.3 Å². The van der Waals surface area contributed by atoms with Crippen LogP contribution in [0.2, 0.25) is 0 Å². The fourth-order valence-electron chi connectivity index (χ4n) is 4.69. The van der Waals surface area contributed by atoms with E-state index in [1.807, 2.05) is 43.3 Å². The first-order chi connectivity index (χ1) is 18.4. The molecule has 4 rings (SSSR count). The smallest absolute Gasteiger partial charge is 0.300 e. The Morgan fingerprint density at radius 2 is 1.62 bits per heavy atom. The second-order valence-electron chi connectivity index (χ2n) is 11.4. The molecule has 6 heteroatoms. The first-order valence-corrected chi connectivity index (χ1v) is 13.2. The van der Waals surface area contributed by atoms with Crippen LogP contribution >= 0.6 is 0 Å². The van der Waals surface area contributed by atoms with Crippen molar-refractivity contribution in [3.05, 3.63) is 94.6 Å². The maximum absolute atomic E-state index is 13.5. The molecule has 3 aromatic rings. The summed E-state index contributed by atoms with van der Waals surface area (Å²) >= 11 is 0. The van der Waals surface area contributed by atoms with Crippen molar-refractivity contribution in [2.24, 2.45) is 5.92 Å². The van der Waals surface area contributed by atoms with Crippen molar-refractivity contribution in [3.63, 3.8) is 0 Å². The molecule has 39 heavy (non-hydrogen) atoms. The molecule has 0 spiro atoms. The largest absolute Gasteiger partial charge is 0.507 e. The lowest BCUT2D eigenvalue weighted by molar-refractivity contribution is -0.132. The Morgan fingerprint density at radius 1 is 0.974 bits per heavy atom. The number of Topliss-reactive ketones (excluding diaryl/α,β-unsaturated/α-hetero) is 1. The number of nitrogens with zero attached hydrogens (tertiary/aromatic N) is 1. The van der Waals surface area contributed by atoms with Gasteiger partial charge in [0.05, 0.1) is 25.3 Å². The highest BCUT2D eigenvalue weighted by Gasteiger charge is 2.47. The standard InChI is InChI=1S/C33H37NO5/c1-20(2)19-39-27-17-10-23(18-21(27)3)30(35)28-29(22-8-15-26(38-7)16-9-22)34(32(37)31(28)36)25-13-11-24(12-14-25)33(4,5)6/h8-18,20,29,35H,19H2,1-7H3/b30-28-. The van der Waals surface area contributed by atoms with Gasteiger partial charge in [0.25, 0.3) is 11.7 Å². The fraction of sp³-hybridized carbons (Fsp3) is 0.333. The van der Waals surface area contributed by atoms with E-state index in [9.17, 15) is 14.7 Å². The molecule has 1 atom stereocenters. The van der Waals surface area contributed by atoms with Crippen LogP contribution in [0, 0.1) is 12.8 Å². The summed E-state index contributed by atoms with van der Waals surface area (Å²) in [6, 6.07) is 19.3. The van der Waals surface area contributed by atoms with Crippen molar-refractivity contribution < 1.29 is 24.2 Å². The quantitative estimate of drug-likeness (QED) is 0.204. The molecule has 1 unspecified atom stereocenters. The molecule has 1 aliphatic heterocycles. The van der Waals surface area contributed by atoms with Crippen LogP contribution in [-0.4, -0.2) is 30.5 Å². The molecule has 3 aromatic carbocycles. The van der Waals surface area contributed by atoms with Gasteiger partial charge in [-0.15, -0.1) is 0 Å². The number of hydrogen-bond donors (Lipinski definition) is 1. The van der Waals surface area contributed by atoms with Gasteiger partial charge in [0.1, 0.15) is 17.3 Å². The van der Waals surface area contributed by atoms with Crippen LogP contribution in [0.25, 0.3) is 5.76 Å². The van der Waals surface area contributed by atoms with Crippen molar-refractivity contribution in [3.8, 4) is 11.5 Å². The van der Waals surface area contributed by atoms with Crippen LogP contribution in [-0.2, 0) is 15.0 Å². The molecule has 0 radical (unpaired) electrons. The van der Waals surface area contributed by atoms with Crippen molar-refractivity contribution in [2.45, 2.75) is 53.0 Å². The summed E-state index contributed by atoms with van der Waals surface area (Å²) in [6.45, 7) is 13.0. The maximum atomic E-state index is 13.5. The van der Waals surface area contributed by atoms with Gasteiger partial charge < -0.3 is 14.6 Å². The van der Waals surface area contributed by atoms with Gasteiger partial charge in [-0.05, 0) is 77.4 Å². The van der Waals surface area contributed by atoms with E-state index in [2.05, 4.69) is 34.6 Å². The van der Waals surface area contributed by atoms with Crippen LogP contribution in [0.4, 0.5) is 5.69 Å². The van der Waals surface area contributed by atoms with Gasteiger partial charge in [0.2, 0.25) is 0 Å². The van der Waals surface area contributed by atoms with Crippen LogP contribution in [0.1, 0.15) is 62.9 Å². The van der Waals surface area contributed by atoms with E-state index in [1.54, 1.807) is 37.4 Å². The van der Waals surface area contributed by atoms with Gasteiger partial charge in [-0.1, -0.05) is 58.9 Å². The van der Waals surface area contributed by atoms with Crippen LogP contribution < -0.4 is 14.4 Å². The highest BCUT2D eigenvalue weighted by Crippen LogP contribution is 2.43. The third-order valence-electron chi connectivity index (χ3n) is 6.91. The van der Waals surface area contributed by atoms with Crippen molar-refractivity contribution in [1.29, 1.82) is 0 Å². The van der Waals surface area contributed by atoms with Gasteiger partial charge in [-0.3, -0.25) is 14.5 Å². The topological polar surface area (TPSA) is 76.1 Å². The van der Waals surface area contributed by atoms with Crippen LogP contribution in [0.3, 0.4) is 0 Å². The first kappa shape index (κ1) is 28.0. The van der Waals surface area contributed by atoms with E-state index >= 15 is 0 Å². The van der Waals surface area contributed by atoms with E-state index < -0.39 is 17.7 Å². The van der Waals surface area contributed by atoms with Gasteiger partial charge in [0.15, 0.2) is 0 Å². The number of benzene rings is 3.